The quantitative estimate of drug-likeness (QED) is 0.711. The maximum Gasteiger partial charge on any atom is 0.126 e. The Balaban J connectivity index is 0.00000169. The van der Waals surface area contributed by atoms with Crippen LogP contribution in [-0.4, -0.2) is 0 Å². The van der Waals surface area contributed by atoms with Crippen LogP contribution in [0.2, 0.25) is 0 Å². The maximum absolute atomic E-state index is 13.4. The van der Waals surface area contributed by atoms with Gasteiger partial charge in [0.2, 0.25) is 0 Å². The lowest BCUT2D eigenvalue weighted by molar-refractivity contribution is 0.522. The lowest BCUT2D eigenvalue weighted by atomic mass is 9.86. The Morgan fingerprint density at radius 2 is 2.00 bits per heavy atom. The molecule has 0 saturated heterocycles. The maximum atomic E-state index is 13.4. The minimum Gasteiger partial charge on any atom is -0.326 e. The van der Waals surface area contributed by atoms with Gasteiger partial charge >= 0.3 is 0 Å². The van der Waals surface area contributed by atoms with Gasteiger partial charge in [0.25, 0.3) is 0 Å². The molecule has 0 spiro atoms. The topological polar surface area (TPSA) is 26.0 Å². The highest BCUT2D eigenvalue weighted by atomic mass is 19.1. The third-order valence-corrected chi connectivity index (χ3v) is 2.07. The van der Waals surface area contributed by atoms with Gasteiger partial charge in [-0.3, -0.25) is 0 Å². The highest BCUT2D eigenvalue weighted by Gasteiger charge is 2.18. The number of hydrogen-bond donors (Lipinski definition) is 1. The molecule has 0 atom stereocenters. The van der Waals surface area contributed by atoms with Crippen LogP contribution in [0.1, 0.15) is 33.3 Å². The fourth-order valence-electron chi connectivity index (χ4n) is 1.27. The molecule has 0 unspecified atom stereocenters. The largest absolute Gasteiger partial charge is 0.326 e. The molecule has 0 amide bonds. The Kier molecular flexibility index (Phi) is 2.71. The molecule has 13 heavy (non-hydrogen) atoms. The van der Waals surface area contributed by atoms with E-state index in [2.05, 4.69) is 0 Å². The molecule has 0 aliphatic rings. The van der Waals surface area contributed by atoms with E-state index in [-0.39, 0.29) is 12.7 Å². The monoisotopic (exact) mass is 183 g/mol. The van der Waals surface area contributed by atoms with Gasteiger partial charge in [-0.05, 0) is 22.6 Å². The lowest BCUT2D eigenvalue weighted by Crippen LogP contribution is -2.14. The molecule has 0 aliphatic carbocycles. The van der Waals surface area contributed by atoms with Crippen molar-refractivity contribution >= 4 is 0 Å². The third-order valence-electron chi connectivity index (χ3n) is 2.07. The molecular formula is C11H18FN. The number of hydrogen-bond acceptors (Lipinski definition) is 1. The number of nitrogens with two attached hydrogens (primary N) is 1. The lowest BCUT2D eigenvalue weighted by Gasteiger charge is -2.20. The summed E-state index contributed by atoms with van der Waals surface area (Å²) in [6.45, 7) is 6.44. The van der Waals surface area contributed by atoms with Gasteiger partial charge in [-0.1, -0.05) is 32.9 Å². The summed E-state index contributed by atoms with van der Waals surface area (Å²) in [6, 6.07) is 5.06. The molecule has 2 heteroatoms. The van der Waals surface area contributed by atoms with Crippen LogP contribution in [0.5, 0.6) is 0 Å². The molecule has 1 aromatic carbocycles. The van der Waals surface area contributed by atoms with Crippen LogP contribution in [0.15, 0.2) is 18.2 Å². The average molecular weight is 183 g/mol. The fraction of sp³-hybridized carbons (Fsp3) is 0.455. The van der Waals surface area contributed by atoms with Crippen LogP contribution in [0, 0.1) is 5.82 Å². The molecule has 0 aliphatic heterocycles. The molecule has 0 radical (unpaired) electrons. The van der Waals surface area contributed by atoms with Crippen molar-refractivity contribution in [2.75, 3.05) is 0 Å². The first-order chi connectivity index (χ1) is 5.95. The van der Waals surface area contributed by atoms with Gasteiger partial charge in [0.1, 0.15) is 5.82 Å². The van der Waals surface area contributed by atoms with Gasteiger partial charge in [-0.15, -0.1) is 0 Å². The molecule has 0 aromatic heterocycles. The number of rotatable bonds is 1. The minimum absolute atomic E-state index is 0. The fourth-order valence-corrected chi connectivity index (χ4v) is 1.27. The van der Waals surface area contributed by atoms with Gasteiger partial charge in [0.15, 0.2) is 0 Å². The summed E-state index contributed by atoms with van der Waals surface area (Å²) in [5, 5.41) is 0. The summed E-state index contributed by atoms with van der Waals surface area (Å²) >= 11 is 0. The highest BCUT2D eigenvalue weighted by molar-refractivity contribution is 5.30. The number of halogens is 1. The SMILES string of the molecule is CC(C)(C)c1cc(CN)ccc1F.[HH]. The zero-order chi connectivity index (χ0) is 10.1. The Morgan fingerprint density at radius 3 is 2.46 bits per heavy atom. The summed E-state index contributed by atoms with van der Waals surface area (Å²) in [6.07, 6.45) is 0. The van der Waals surface area contributed by atoms with E-state index in [9.17, 15) is 4.39 Å². The van der Waals surface area contributed by atoms with Crippen LogP contribution in [0.3, 0.4) is 0 Å². The van der Waals surface area contributed by atoms with E-state index in [1.807, 2.05) is 26.8 Å². The van der Waals surface area contributed by atoms with Crippen molar-refractivity contribution in [2.45, 2.75) is 32.7 Å². The van der Waals surface area contributed by atoms with E-state index in [4.69, 9.17) is 5.73 Å². The van der Waals surface area contributed by atoms with Crippen molar-refractivity contribution in [3.8, 4) is 0 Å². The van der Waals surface area contributed by atoms with Crippen LogP contribution >= 0.6 is 0 Å². The second kappa shape index (κ2) is 3.46. The third kappa shape index (κ3) is 2.28. The Labute approximate surface area is 80.2 Å². The molecule has 0 saturated carbocycles. The molecular weight excluding hydrogens is 165 g/mol. The second-order valence-corrected chi connectivity index (χ2v) is 4.27. The highest BCUT2D eigenvalue weighted by Crippen LogP contribution is 2.25. The second-order valence-electron chi connectivity index (χ2n) is 4.27. The molecule has 1 nitrogen and oxygen atoms in total. The zero-order valence-electron chi connectivity index (χ0n) is 8.39. The zero-order valence-corrected chi connectivity index (χ0v) is 8.39. The van der Waals surface area contributed by atoms with Gasteiger partial charge in [-0.25, -0.2) is 4.39 Å². The smallest absolute Gasteiger partial charge is 0.126 e. The Morgan fingerprint density at radius 1 is 1.38 bits per heavy atom. The van der Waals surface area contributed by atoms with Gasteiger partial charge in [0.05, 0.1) is 0 Å². The molecule has 1 rings (SSSR count). The van der Waals surface area contributed by atoms with Crippen molar-refractivity contribution in [1.82, 2.24) is 0 Å². The van der Waals surface area contributed by atoms with E-state index in [1.54, 1.807) is 6.07 Å². The normalized spacial score (nSPS) is 11.8. The molecule has 0 fully saturated rings. The van der Waals surface area contributed by atoms with E-state index in [0.29, 0.717) is 6.54 Å². The first-order valence-electron chi connectivity index (χ1n) is 4.44. The van der Waals surface area contributed by atoms with E-state index in [1.165, 1.54) is 6.07 Å². The Bertz CT molecular complexity index is 305. The summed E-state index contributed by atoms with van der Waals surface area (Å²) in [5.74, 6) is -0.148. The summed E-state index contributed by atoms with van der Waals surface area (Å²) in [7, 11) is 0. The predicted octanol–water partition coefficient (Wildman–Crippen LogP) is 2.83. The average Bonchev–Trinajstić information content (AvgIpc) is 2.03. The Hall–Kier alpha value is -0.890. The molecule has 0 bridgehead atoms. The van der Waals surface area contributed by atoms with E-state index >= 15 is 0 Å². The van der Waals surface area contributed by atoms with Crippen molar-refractivity contribution in [2.24, 2.45) is 5.73 Å². The molecule has 74 valence electrons. The van der Waals surface area contributed by atoms with Crippen LogP contribution in [0.4, 0.5) is 4.39 Å². The minimum atomic E-state index is -0.157. The standard InChI is InChI=1S/C11H16FN.H2/c1-11(2,3)9-6-8(7-13)4-5-10(9)12;/h4-6H,7,13H2,1-3H3;1H. The number of benzene rings is 1. The van der Waals surface area contributed by atoms with Gasteiger partial charge in [-0.2, -0.15) is 0 Å². The first-order valence-corrected chi connectivity index (χ1v) is 4.44. The van der Waals surface area contributed by atoms with Crippen LogP contribution in [0.25, 0.3) is 0 Å². The molecule has 0 heterocycles. The summed E-state index contributed by atoms with van der Waals surface area (Å²) in [5.41, 5.74) is 7.04. The predicted molar refractivity (Wildman–Crippen MR) is 55.1 cm³/mol. The van der Waals surface area contributed by atoms with Crippen LogP contribution in [-0.2, 0) is 12.0 Å². The van der Waals surface area contributed by atoms with E-state index < -0.39 is 0 Å². The summed E-state index contributed by atoms with van der Waals surface area (Å²) in [4.78, 5) is 0. The van der Waals surface area contributed by atoms with Crippen molar-refractivity contribution < 1.29 is 5.82 Å². The molecule has 2 N–H and O–H groups in total. The summed E-state index contributed by atoms with van der Waals surface area (Å²) < 4.78 is 13.4. The van der Waals surface area contributed by atoms with Crippen molar-refractivity contribution in [3.05, 3.63) is 35.1 Å². The van der Waals surface area contributed by atoms with Gasteiger partial charge < -0.3 is 5.73 Å². The van der Waals surface area contributed by atoms with E-state index in [0.717, 1.165) is 11.1 Å². The molecule has 1 aromatic rings. The van der Waals surface area contributed by atoms with Crippen LogP contribution < -0.4 is 5.73 Å². The van der Waals surface area contributed by atoms with Crippen molar-refractivity contribution in [3.63, 3.8) is 0 Å². The van der Waals surface area contributed by atoms with Gasteiger partial charge in [0, 0.05) is 7.97 Å². The van der Waals surface area contributed by atoms with Crippen molar-refractivity contribution in [1.29, 1.82) is 0 Å². The first kappa shape index (κ1) is 10.2.